The molecule has 33 heavy (non-hydrogen) atoms. The minimum atomic E-state index is -1.07. The normalized spacial score (nSPS) is 17.2. The van der Waals surface area contributed by atoms with Crippen LogP contribution < -0.4 is 20.9 Å². The molecular formula is C23H27ClFN5OS2. The van der Waals surface area contributed by atoms with Crippen molar-refractivity contribution in [2.75, 3.05) is 42.2 Å². The van der Waals surface area contributed by atoms with Gasteiger partial charge in [0.25, 0.3) is 0 Å². The van der Waals surface area contributed by atoms with E-state index in [0.717, 1.165) is 48.0 Å². The third kappa shape index (κ3) is 6.24. The predicted molar refractivity (Wildman–Crippen MR) is 141 cm³/mol. The minimum Gasteiger partial charge on any atom is -0.368 e. The summed E-state index contributed by atoms with van der Waals surface area (Å²) in [4.78, 5) is 7.08. The number of benzene rings is 2. The number of aromatic nitrogens is 1. The fourth-order valence-corrected chi connectivity index (χ4v) is 5.48. The molecule has 1 aromatic heterocycles. The Balaban J connectivity index is 1.49. The summed E-state index contributed by atoms with van der Waals surface area (Å²) in [7, 11) is 0.895. The van der Waals surface area contributed by atoms with Crippen LogP contribution in [-0.2, 0) is 0 Å². The Hall–Kier alpha value is -2.17. The van der Waals surface area contributed by atoms with Gasteiger partial charge in [-0.1, -0.05) is 11.6 Å². The molecule has 2 atom stereocenters. The van der Waals surface area contributed by atoms with Gasteiger partial charge in [0.2, 0.25) is 0 Å². The third-order valence-electron chi connectivity index (χ3n) is 5.54. The first-order chi connectivity index (χ1) is 16.0. The second-order valence-corrected chi connectivity index (χ2v) is 10.3. The summed E-state index contributed by atoms with van der Waals surface area (Å²) in [6.45, 7) is 2.18. The molecule has 0 radical (unpaired) electrons. The third-order valence-corrected chi connectivity index (χ3v) is 7.66. The highest BCUT2D eigenvalue weighted by Crippen LogP contribution is 2.36. The molecule has 1 aliphatic rings. The Morgan fingerprint density at radius 3 is 2.91 bits per heavy atom. The number of hydrogen-bond acceptors (Lipinski definition) is 7. The van der Waals surface area contributed by atoms with Gasteiger partial charge in [0.15, 0.2) is 0 Å². The van der Waals surface area contributed by atoms with E-state index < -0.39 is 10.8 Å². The van der Waals surface area contributed by atoms with Crippen molar-refractivity contribution in [1.29, 1.82) is 0 Å². The van der Waals surface area contributed by atoms with E-state index >= 15 is 0 Å². The molecule has 0 spiro atoms. The first kappa shape index (κ1) is 24.0. The average Bonchev–Trinajstić information content (AvgIpc) is 3.35. The highest BCUT2D eigenvalue weighted by Gasteiger charge is 2.21. The van der Waals surface area contributed by atoms with Crippen molar-refractivity contribution in [1.82, 2.24) is 10.3 Å². The number of hydrogen-bond donors (Lipinski definition) is 4. The maximum absolute atomic E-state index is 14.1. The molecule has 0 bridgehead atoms. The molecule has 1 saturated heterocycles. The van der Waals surface area contributed by atoms with Crippen LogP contribution >= 0.6 is 33.7 Å². The molecule has 1 unspecified atom stereocenters. The number of anilines is 4. The standard InChI is InChI=1S/C23H27ClFN5OS2/c1-26-17-3-2-9-30(13-17)22-11-16(25)4-6-21(22)29-20-7-5-18(12-19(20)24)33(31)10-8-27-23-14-32-15-28-23/h4-7,10-12,14-15,17,26-27,29,31H,2-3,8-9,13H2,1H3/t17-,33?/m1/s1. The number of piperidine rings is 1. The van der Waals surface area contributed by atoms with Crippen LogP contribution in [0.1, 0.15) is 12.8 Å². The molecule has 0 aliphatic carbocycles. The van der Waals surface area contributed by atoms with E-state index in [9.17, 15) is 8.94 Å². The van der Waals surface area contributed by atoms with Gasteiger partial charge >= 0.3 is 0 Å². The van der Waals surface area contributed by atoms with E-state index in [1.54, 1.807) is 29.1 Å². The van der Waals surface area contributed by atoms with Crippen LogP contribution in [0.5, 0.6) is 0 Å². The molecule has 0 saturated carbocycles. The number of rotatable bonds is 8. The Bertz CT molecular complexity index is 1110. The van der Waals surface area contributed by atoms with Gasteiger partial charge in [0.05, 0.1) is 27.6 Å². The van der Waals surface area contributed by atoms with Crippen LogP contribution in [0.2, 0.25) is 5.02 Å². The van der Waals surface area contributed by atoms with Crippen LogP contribution in [0.15, 0.2) is 52.2 Å². The van der Waals surface area contributed by atoms with Gasteiger partial charge in [-0.25, -0.2) is 9.37 Å². The van der Waals surface area contributed by atoms with Crippen LogP contribution in [0.4, 0.5) is 27.3 Å². The largest absolute Gasteiger partial charge is 0.368 e. The van der Waals surface area contributed by atoms with Crippen molar-refractivity contribution in [2.45, 2.75) is 23.8 Å². The van der Waals surface area contributed by atoms with Crippen molar-refractivity contribution in [3.63, 3.8) is 0 Å². The summed E-state index contributed by atoms with van der Waals surface area (Å²) in [5.41, 5.74) is 4.07. The Kier molecular flexibility index (Phi) is 8.21. The zero-order chi connectivity index (χ0) is 23.2. The average molecular weight is 508 g/mol. The van der Waals surface area contributed by atoms with E-state index in [-0.39, 0.29) is 5.82 Å². The lowest BCUT2D eigenvalue weighted by Crippen LogP contribution is -2.44. The van der Waals surface area contributed by atoms with Gasteiger partial charge in [-0.2, -0.15) is 0 Å². The van der Waals surface area contributed by atoms with E-state index in [4.69, 9.17) is 11.6 Å². The van der Waals surface area contributed by atoms with Crippen LogP contribution in [-0.4, -0.2) is 47.6 Å². The number of thiazole rings is 1. The first-order valence-corrected chi connectivity index (χ1v) is 13.3. The second-order valence-electron chi connectivity index (χ2n) is 7.74. The lowest BCUT2D eigenvalue weighted by atomic mass is 10.0. The van der Waals surface area contributed by atoms with Crippen LogP contribution in [0, 0.1) is 5.82 Å². The van der Waals surface area contributed by atoms with Crippen LogP contribution in [0.3, 0.4) is 0 Å². The summed E-state index contributed by atoms with van der Waals surface area (Å²) < 4.78 is 24.6. The molecule has 4 rings (SSSR count). The van der Waals surface area contributed by atoms with Gasteiger partial charge in [0.1, 0.15) is 11.6 Å². The van der Waals surface area contributed by atoms with Crippen molar-refractivity contribution >= 4 is 62.0 Å². The van der Waals surface area contributed by atoms with Gasteiger partial charge in [-0.15, -0.1) is 11.3 Å². The van der Waals surface area contributed by atoms with Crippen molar-refractivity contribution < 1.29 is 8.94 Å². The lowest BCUT2D eigenvalue weighted by Gasteiger charge is -2.35. The maximum Gasteiger partial charge on any atom is 0.137 e. The molecule has 6 nitrogen and oxygen atoms in total. The molecule has 1 aliphatic heterocycles. The zero-order valence-electron chi connectivity index (χ0n) is 18.2. The van der Waals surface area contributed by atoms with Crippen molar-refractivity contribution in [3.8, 4) is 0 Å². The highest BCUT2D eigenvalue weighted by molar-refractivity contribution is 8.10. The molecular weight excluding hydrogens is 481 g/mol. The Morgan fingerprint density at radius 2 is 2.15 bits per heavy atom. The lowest BCUT2D eigenvalue weighted by molar-refractivity contribution is 0.449. The molecule has 10 heteroatoms. The number of nitrogens with zero attached hydrogens (tertiary/aromatic N) is 2. The topological polar surface area (TPSA) is 72.5 Å². The van der Waals surface area contributed by atoms with Gasteiger partial charge < -0.3 is 25.4 Å². The van der Waals surface area contributed by atoms with E-state index in [2.05, 4.69) is 25.8 Å². The highest BCUT2D eigenvalue weighted by atomic mass is 35.5. The van der Waals surface area contributed by atoms with Gasteiger partial charge in [0, 0.05) is 36.0 Å². The molecule has 4 N–H and O–H groups in total. The summed E-state index contributed by atoms with van der Waals surface area (Å²) in [5, 5.41) is 14.0. The second kappa shape index (κ2) is 11.3. The Labute approximate surface area is 204 Å². The summed E-state index contributed by atoms with van der Waals surface area (Å²) in [6.07, 6.45) is 2.15. The predicted octanol–water partition coefficient (Wildman–Crippen LogP) is 5.88. The quantitative estimate of drug-likeness (QED) is 0.285. The molecule has 3 aromatic rings. The number of likely N-dealkylation sites (N-methyl/N-ethyl adjacent to an activating group) is 1. The SMILES string of the molecule is CN[C@@H]1CCCN(c2cc(F)ccc2Nc2ccc(S(O)=CCNc3cscn3)cc2Cl)C1. The molecule has 2 aromatic carbocycles. The Morgan fingerprint density at radius 1 is 1.30 bits per heavy atom. The maximum atomic E-state index is 14.1. The molecule has 1 fully saturated rings. The van der Waals surface area contributed by atoms with Crippen LogP contribution in [0.25, 0.3) is 0 Å². The fourth-order valence-electron chi connectivity index (χ4n) is 3.80. The van der Waals surface area contributed by atoms with E-state index in [1.807, 2.05) is 24.6 Å². The fraction of sp³-hybridized carbons (Fsp3) is 0.304. The van der Waals surface area contributed by atoms with Gasteiger partial charge in [-0.3, -0.25) is 0 Å². The van der Waals surface area contributed by atoms with E-state index in [1.165, 1.54) is 17.4 Å². The van der Waals surface area contributed by atoms with Crippen molar-refractivity contribution in [2.24, 2.45) is 0 Å². The summed E-state index contributed by atoms with van der Waals surface area (Å²) >= 11 is 8.06. The van der Waals surface area contributed by atoms with Crippen molar-refractivity contribution in [3.05, 3.63) is 58.1 Å². The molecule has 2 heterocycles. The zero-order valence-corrected chi connectivity index (χ0v) is 20.6. The molecule has 0 amide bonds. The van der Waals surface area contributed by atoms with Gasteiger partial charge in [-0.05, 0) is 72.4 Å². The smallest absolute Gasteiger partial charge is 0.137 e. The number of nitrogens with one attached hydrogen (secondary N) is 3. The summed E-state index contributed by atoms with van der Waals surface area (Å²) in [6, 6.07) is 10.6. The number of halogens is 2. The minimum absolute atomic E-state index is 0.269. The monoisotopic (exact) mass is 507 g/mol. The van der Waals surface area contributed by atoms with E-state index in [0.29, 0.717) is 23.3 Å². The molecule has 176 valence electrons. The summed E-state index contributed by atoms with van der Waals surface area (Å²) in [5.74, 6) is 0.519. The first-order valence-electron chi connectivity index (χ1n) is 10.7.